The lowest BCUT2D eigenvalue weighted by Crippen LogP contribution is -2.31. The van der Waals surface area contributed by atoms with Gasteiger partial charge in [0.1, 0.15) is 6.23 Å². The minimum absolute atomic E-state index is 0.126. The maximum absolute atomic E-state index is 11.5. The molecule has 7 nitrogen and oxygen atoms in total. The summed E-state index contributed by atoms with van der Waals surface area (Å²) < 4.78 is 11.8. The molecule has 1 aromatic rings. The van der Waals surface area contributed by atoms with Crippen LogP contribution >= 0.6 is 9.03 Å². The van der Waals surface area contributed by atoms with Crippen LogP contribution in [0.3, 0.4) is 0 Å². The van der Waals surface area contributed by atoms with E-state index < -0.39 is 20.3 Å². The van der Waals surface area contributed by atoms with Crippen LogP contribution in [0, 0.1) is 0 Å². The van der Waals surface area contributed by atoms with E-state index in [0.29, 0.717) is 13.0 Å². The average Bonchev–Trinajstić information content (AvgIpc) is 2.75. The molecule has 0 aliphatic carbocycles. The van der Waals surface area contributed by atoms with Crippen molar-refractivity contribution in [3.8, 4) is 0 Å². The van der Waals surface area contributed by atoms with E-state index in [2.05, 4.69) is 4.98 Å². The third kappa shape index (κ3) is 3.01. The van der Waals surface area contributed by atoms with Gasteiger partial charge in [-0.2, -0.15) is 0 Å². The molecule has 0 aromatic carbocycles. The molecule has 1 aliphatic rings. The van der Waals surface area contributed by atoms with Gasteiger partial charge in [0.05, 0.1) is 12.7 Å². The fourth-order valence-electron chi connectivity index (χ4n) is 1.80. The van der Waals surface area contributed by atoms with Gasteiger partial charge in [-0.05, 0) is 12.8 Å². The molecule has 3 atom stereocenters. The number of nitrogens with zero attached hydrogens (tertiary/aromatic N) is 1. The second-order valence-electron chi connectivity index (χ2n) is 3.71. The lowest BCUT2D eigenvalue weighted by atomic mass is 10.2. The lowest BCUT2D eigenvalue weighted by molar-refractivity contribution is -0.0189. The zero-order chi connectivity index (χ0) is 12.3. The molecule has 0 radical (unpaired) electrons. The summed E-state index contributed by atoms with van der Waals surface area (Å²) in [5.41, 5.74) is -0.904. The number of aromatic nitrogens is 2. The standard InChI is InChI=1S/C9H13N2O5P/c12-7-3-4-11(9(13)10-7)8-2-1-6(16-8)5-15-17-14/h3-4,6,8,14,17H,1-2,5H2,(H,10,12,13)/t6-,8+/m0/s1. The number of hydrogen-bond donors (Lipinski definition) is 2. The Balaban J connectivity index is 2.05. The van der Waals surface area contributed by atoms with Crippen LogP contribution < -0.4 is 11.2 Å². The zero-order valence-electron chi connectivity index (χ0n) is 8.96. The van der Waals surface area contributed by atoms with Gasteiger partial charge in [-0.1, -0.05) is 0 Å². The van der Waals surface area contributed by atoms with Crippen LogP contribution in [0.4, 0.5) is 0 Å². The number of rotatable bonds is 4. The molecule has 17 heavy (non-hydrogen) atoms. The van der Waals surface area contributed by atoms with Gasteiger partial charge >= 0.3 is 5.69 Å². The molecule has 2 heterocycles. The Hall–Kier alpha value is -1.01. The van der Waals surface area contributed by atoms with E-state index in [0.717, 1.165) is 6.42 Å². The Labute approximate surface area is 98.3 Å². The number of hydrogen-bond acceptors (Lipinski definition) is 5. The molecular formula is C9H13N2O5P. The van der Waals surface area contributed by atoms with E-state index in [4.69, 9.17) is 14.2 Å². The highest BCUT2D eigenvalue weighted by Gasteiger charge is 2.27. The van der Waals surface area contributed by atoms with E-state index in [1.54, 1.807) is 0 Å². The number of nitrogens with one attached hydrogen (secondary N) is 1. The van der Waals surface area contributed by atoms with Crippen molar-refractivity contribution in [2.45, 2.75) is 25.2 Å². The van der Waals surface area contributed by atoms with E-state index in [1.165, 1.54) is 16.8 Å². The van der Waals surface area contributed by atoms with E-state index in [9.17, 15) is 9.59 Å². The van der Waals surface area contributed by atoms with Gasteiger partial charge in [-0.3, -0.25) is 14.3 Å². The lowest BCUT2D eigenvalue weighted by Gasteiger charge is -2.14. The first-order chi connectivity index (χ1) is 8.20. The highest BCUT2D eigenvalue weighted by atomic mass is 31.1. The number of H-pyrrole nitrogens is 1. The van der Waals surface area contributed by atoms with Crippen molar-refractivity contribution >= 4 is 9.03 Å². The zero-order valence-corrected chi connectivity index (χ0v) is 9.96. The monoisotopic (exact) mass is 260 g/mol. The van der Waals surface area contributed by atoms with Crippen molar-refractivity contribution in [3.63, 3.8) is 0 Å². The Bertz CT molecular complexity index is 485. The Morgan fingerprint density at radius 1 is 1.59 bits per heavy atom. The molecule has 0 amide bonds. The first-order valence-corrected chi connectivity index (χ1v) is 6.04. The van der Waals surface area contributed by atoms with E-state index in [-0.39, 0.29) is 12.3 Å². The van der Waals surface area contributed by atoms with Crippen LogP contribution in [0.2, 0.25) is 0 Å². The predicted octanol–water partition coefficient (Wildman–Crippen LogP) is -0.268. The molecule has 1 saturated heterocycles. The van der Waals surface area contributed by atoms with Gasteiger partial charge in [0.25, 0.3) is 5.56 Å². The van der Waals surface area contributed by atoms with Gasteiger partial charge in [-0.15, -0.1) is 0 Å². The smallest absolute Gasteiger partial charge is 0.330 e. The minimum atomic E-state index is -0.557. The average molecular weight is 260 g/mol. The topological polar surface area (TPSA) is 93.5 Å². The van der Waals surface area contributed by atoms with Gasteiger partial charge in [0.2, 0.25) is 0 Å². The SMILES string of the molecule is O=c1ccn([C@H]2CC[C@@H](COPO)O2)c(=O)[nH]1. The summed E-state index contributed by atoms with van der Waals surface area (Å²) in [4.78, 5) is 33.1. The third-order valence-electron chi connectivity index (χ3n) is 2.58. The third-order valence-corrected chi connectivity index (χ3v) is 2.88. The van der Waals surface area contributed by atoms with Gasteiger partial charge in [-0.25, -0.2) is 4.79 Å². The van der Waals surface area contributed by atoms with E-state index in [1.807, 2.05) is 0 Å². The first kappa shape index (κ1) is 12.4. The van der Waals surface area contributed by atoms with Gasteiger partial charge in [0.15, 0.2) is 9.03 Å². The van der Waals surface area contributed by atoms with Crippen molar-refractivity contribution in [1.82, 2.24) is 9.55 Å². The second kappa shape index (κ2) is 5.55. The fourth-order valence-corrected chi connectivity index (χ4v) is 2.06. The van der Waals surface area contributed by atoms with Crippen LogP contribution in [0.15, 0.2) is 21.9 Å². The summed E-state index contributed by atoms with van der Waals surface area (Å²) in [6.07, 6.45) is 2.34. The number of aromatic amines is 1. The van der Waals surface area contributed by atoms with Gasteiger partial charge < -0.3 is 14.2 Å². The summed E-state index contributed by atoms with van der Waals surface area (Å²) >= 11 is 0. The summed E-state index contributed by atoms with van der Waals surface area (Å²) in [7, 11) is -0.557. The molecule has 94 valence electrons. The first-order valence-electron chi connectivity index (χ1n) is 5.18. The normalized spacial score (nSPS) is 24.8. The van der Waals surface area contributed by atoms with Crippen molar-refractivity contribution in [1.29, 1.82) is 0 Å². The second-order valence-corrected chi connectivity index (χ2v) is 4.18. The maximum Gasteiger partial charge on any atom is 0.330 e. The quantitative estimate of drug-likeness (QED) is 0.727. The van der Waals surface area contributed by atoms with Crippen LogP contribution in [-0.2, 0) is 9.26 Å². The number of ether oxygens (including phenoxy) is 1. The molecule has 0 spiro atoms. The summed E-state index contributed by atoms with van der Waals surface area (Å²) in [5.74, 6) is 0. The minimum Gasteiger partial charge on any atom is -0.352 e. The van der Waals surface area contributed by atoms with Crippen molar-refractivity contribution in [3.05, 3.63) is 33.1 Å². The van der Waals surface area contributed by atoms with Crippen LogP contribution in [0.1, 0.15) is 19.1 Å². The van der Waals surface area contributed by atoms with Crippen molar-refractivity contribution in [2.75, 3.05) is 6.61 Å². The van der Waals surface area contributed by atoms with Crippen LogP contribution in [-0.4, -0.2) is 27.2 Å². The summed E-state index contributed by atoms with van der Waals surface area (Å²) in [5, 5.41) is 0. The summed E-state index contributed by atoms with van der Waals surface area (Å²) in [6, 6.07) is 1.28. The maximum atomic E-state index is 11.5. The molecule has 8 heteroatoms. The molecule has 2 N–H and O–H groups in total. The van der Waals surface area contributed by atoms with Crippen LogP contribution in [0.25, 0.3) is 0 Å². The predicted molar refractivity (Wildman–Crippen MR) is 61.0 cm³/mol. The van der Waals surface area contributed by atoms with Crippen LogP contribution in [0.5, 0.6) is 0 Å². The molecule has 2 rings (SSSR count). The summed E-state index contributed by atoms with van der Waals surface area (Å²) in [6.45, 7) is 0.309. The Morgan fingerprint density at radius 2 is 2.41 bits per heavy atom. The highest BCUT2D eigenvalue weighted by molar-refractivity contribution is 7.24. The molecule has 1 aliphatic heterocycles. The molecule has 0 bridgehead atoms. The van der Waals surface area contributed by atoms with E-state index >= 15 is 0 Å². The Morgan fingerprint density at radius 3 is 3.12 bits per heavy atom. The van der Waals surface area contributed by atoms with Crippen molar-refractivity contribution in [2.24, 2.45) is 0 Å². The van der Waals surface area contributed by atoms with Crippen molar-refractivity contribution < 1.29 is 14.2 Å². The largest absolute Gasteiger partial charge is 0.352 e. The highest BCUT2D eigenvalue weighted by Crippen LogP contribution is 2.27. The Kier molecular flexibility index (Phi) is 4.06. The molecule has 1 aromatic heterocycles. The fraction of sp³-hybridized carbons (Fsp3) is 0.556. The molecular weight excluding hydrogens is 247 g/mol. The molecule has 1 fully saturated rings. The molecule has 1 unspecified atom stereocenters. The molecule has 0 saturated carbocycles. The van der Waals surface area contributed by atoms with Gasteiger partial charge in [0, 0.05) is 12.3 Å².